The first kappa shape index (κ1) is 19.3. The van der Waals surface area contributed by atoms with Crippen LogP contribution in [0.4, 0.5) is 5.69 Å². The Kier molecular flexibility index (Phi) is 6.36. The third kappa shape index (κ3) is 4.81. The molecule has 0 aliphatic carbocycles. The number of benzene rings is 2. The molecule has 1 amide bonds. The van der Waals surface area contributed by atoms with Crippen molar-refractivity contribution in [1.29, 1.82) is 0 Å². The molecule has 0 bridgehead atoms. The van der Waals surface area contributed by atoms with Gasteiger partial charge < -0.3 is 15.8 Å². The van der Waals surface area contributed by atoms with E-state index in [1.54, 1.807) is 24.3 Å². The smallest absolute Gasteiger partial charge is 0.246 e. The van der Waals surface area contributed by atoms with Gasteiger partial charge in [-0.25, -0.2) is 5.21 Å². The van der Waals surface area contributed by atoms with Crippen LogP contribution >= 0.6 is 0 Å². The standard InChI is InChI=1S/C21H25N3O3/c22-15-16-4-3-6-19(14-16)17-10-12-23(13-11-17)21(25)9-8-18-5-1-2-7-20(18)24(26)27/h1-9,14,17,24,26H,10-13,15,22H2/b9-8+. The van der Waals surface area contributed by atoms with Crippen LogP contribution < -0.4 is 11.0 Å². The number of likely N-dealkylation sites (tertiary alicyclic amines) is 1. The van der Waals surface area contributed by atoms with E-state index in [2.05, 4.69) is 12.1 Å². The van der Waals surface area contributed by atoms with Gasteiger partial charge in [0, 0.05) is 37.3 Å². The van der Waals surface area contributed by atoms with Crippen LogP contribution in [0.1, 0.15) is 35.4 Å². The first-order valence-electron chi connectivity index (χ1n) is 9.16. The number of nitrogens with one attached hydrogen (secondary N) is 1. The van der Waals surface area contributed by atoms with E-state index < -0.39 is 5.23 Å². The molecule has 27 heavy (non-hydrogen) atoms. The summed E-state index contributed by atoms with van der Waals surface area (Å²) in [7, 11) is 0. The van der Waals surface area contributed by atoms with Crippen LogP contribution in [0.15, 0.2) is 54.6 Å². The van der Waals surface area contributed by atoms with Crippen molar-refractivity contribution in [2.24, 2.45) is 5.73 Å². The van der Waals surface area contributed by atoms with Gasteiger partial charge in [-0.15, -0.1) is 0 Å². The summed E-state index contributed by atoms with van der Waals surface area (Å²) < 4.78 is 0. The molecule has 1 fully saturated rings. The first-order chi connectivity index (χ1) is 13.1. The summed E-state index contributed by atoms with van der Waals surface area (Å²) in [6.45, 7) is 1.93. The third-order valence-corrected chi connectivity index (χ3v) is 5.06. The van der Waals surface area contributed by atoms with Crippen LogP contribution in [-0.4, -0.2) is 29.1 Å². The van der Waals surface area contributed by atoms with Crippen molar-refractivity contribution in [3.63, 3.8) is 0 Å². The van der Waals surface area contributed by atoms with Crippen molar-refractivity contribution in [1.82, 2.24) is 4.90 Å². The Morgan fingerprint density at radius 1 is 1.22 bits per heavy atom. The number of nitrogens with two attached hydrogens (primary N) is 1. The summed E-state index contributed by atoms with van der Waals surface area (Å²) >= 11 is 0. The van der Waals surface area contributed by atoms with Crippen molar-refractivity contribution in [3.8, 4) is 0 Å². The molecule has 0 saturated carbocycles. The summed E-state index contributed by atoms with van der Waals surface area (Å²) in [6.07, 6.45) is 4.89. The second kappa shape index (κ2) is 8.92. The molecule has 3 rings (SSSR count). The van der Waals surface area contributed by atoms with Gasteiger partial charge in [-0.05, 0) is 42.0 Å². The van der Waals surface area contributed by atoms with E-state index in [-0.39, 0.29) is 11.6 Å². The molecule has 1 atom stereocenters. The van der Waals surface area contributed by atoms with Gasteiger partial charge in [0.15, 0.2) is 5.69 Å². The minimum atomic E-state index is -0.997. The van der Waals surface area contributed by atoms with Gasteiger partial charge >= 0.3 is 0 Å². The molecule has 4 N–H and O–H groups in total. The fourth-order valence-corrected chi connectivity index (χ4v) is 3.51. The number of carbonyl (C=O) groups excluding carboxylic acids is 1. The molecule has 0 spiro atoms. The third-order valence-electron chi connectivity index (χ3n) is 5.06. The Morgan fingerprint density at radius 2 is 1.96 bits per heavy atom. The number of hydrogen-bond donors (Lipinski definition) is 3. The molecule has 0 radical (unpaired) electrons. The van der Waals surface area contributed by atoms with E-state index >= 15 is 0 Å². The number of quaternary nitrogens is 1. The summed E-state index contributed by atoms with van der Waals surface area (Å²) in [5.41, 5.74) is 8.87. The normalized spacial score (nSPS) is 16.6. The number of para-hydroxylation sites is 1. The fourth-order valence-electron chi connectivity index (χ4n) is 3.51. The number of piperidine rings is 1. The molecule has 2 aromatic carbocycles. The monoisotopic (exact) mass is 367 g/mol. The van der Waals surface area contributed by atoms with Gasteiger partial charge in [0.05, 0.1) is 0 Å². The van der Waals surface area contributed by atoms with Crippen LogP contribution in [0.25, 0.3) is 6.08 Å². The summed E-state index contributed by atoms with van der Waals surface area (Å²) in [4.78, 5) is 14.3. The van der Waals surface area contributed by atoms with E-state index in [9.17, 15) is 15.2 Å². The van der Waals surface area contributed by atoms with Gasteiger partial charge in [0.25, 0.3) is 0 Å². The highest BCUT2D eigenvalue weighted by Gasteiger charge is 2.22. The first-order valence-corrected chi connectivity index (χ1v) is 9.16. The Bertz CT molecular complexity index is 812. The lowest BCUT2D eigenvalue weighted by atomic mass is 9.88. The summed E-state index contributed by atoms with van der Waals surface area (Å²) in [5, 5.41) is 19.5. The quantitative estimate of drug-likeness (QED) is 0.556. The van der Waals surface area contributed by atoms with Crippen molar-refractivity contribution < 1.29 is 15.2 Å². The second-order valence-corrected chi connectivity index (χ2v) is 6.77. The Balaban J connectivity index is 1.60. The highest BCUT2D eigenvalue weighted by Crippen LogP contribution is 2.28. The Hall–Kier alpha value is -2.51. The van der Waals surface area contributed by atoms with Crippen LogP contribution in [0, 0.1) is 5.21 Å². The molecule has 0 aromatic heterocycles. The topological polar surface area (TPSA) is 94.1 Å². The average Bonchev–Trinajstić information content (AvgIpc) is 2.72. The number of hydrogen-bond acceptors (Lipinski definition) is 4. The van der Waals surface area contributed by atoms with Crippen LogP contribution in [0.3, 0.4) is 0 Å². The zero-order chi connectivity index (χ0) is 19.2. The van der Waals surface area contributed by atoms with Crippen LogP contribution in [0.2, 0.25) is 0 Å². The molecule has 1 saturated heterocycles. The number of rotatable bonds is 5. The summed E-state index contributed by atoms with van der Waals surface area (Å²) in [6, 6.07) is 15.0. The van der Waals surface area contributed by atoms with Crippen molar-refractivity contribution in [2.75, 3.05) is 13.1 Å². The molecular formula is C21H25N3O3. The molecule has 1 unspecified atom stereocenters. The van der Waals surface area contributed by atoms with Crippen LogP contribution in [0.5, 0.6) is 0 Å². The molecule has 2 aromatic rings. The summed E-state index contributed by atoms with van der Waals surface area (Å²) in [5.74, 6) is 0.363. The maximum absolute atomic E-state index is 12.5. The lowest BCUT2D eigenvalue weighted by Gasteiger charge is -2.31. The van der Waals surface area contributed by atoms with Gasteiger partial charge in [-0.1, -0.05) is 36.4 Å². The second-order valence-electron chi connectivity index (χ2n) is 6.77. The SMILES string of the molecule is NCc1cccc(C2CCN(C(=O)/C=C/c3ccccc3[NH+]([O-])O)CC2)c1. The minimum Gasteiger partial charge on any atom is -0.595 e. The van der Waals surface area contributed by atoms with Gasteiger partial charge in [-0.3, -0.25) is 4.79 Å². The molecular weight excluding hydrogens is 342 g/mol. The van der Waals surface area contributed by atoms with Crippen molar-refractivity contribution in [3.05, 3.63) is 76.5 Å². The minimum absolute atomic E-state index is 0.0793. The van der Waals surface area contributed by atoms with Gasteiger partial charge in [0.1, 0.15) is 0 Å². The van der Waals surface area contributed by atoms with E-state index in [0.29, 0.717) is 31.1 Å². The number of carbonyl (C=O) groups is 1. The van der Waals surface area contributed by atoms with E-state index in [1.807, 2.05) is 17.0 Å². The highest BCUT2D eigenvalue weighted by atomic mass is 16.8. The molecule has 1 aliphatic rings. The van der Waals surface area contributed by atoms with Crippen LogP contribution in [-0.2, 0) is 11.3 Å². The zero-order valence-electron chi connectivity index (χ0n) is 15.2. The average molecular weight is 367 g/mol. The maximum Gasteiger partial charge on any atom is 0.246 e. The molecule has 1 aliphatic heterocycles. The molecule has 6 heteroatoms. The highest BCUT2D eigenvalue weighted by molar-refractivity contribution is 5.92. The molecule has 6 nitrogen and oxygen atoms in total. The lowest BCUT2D eigenvalue weighted by molar-refractivity contribution is -0.991. The fraction of sp³-hybridized carbons (Fsp3) is 0.286. The van der Waals surface area contributed by atoms with Gasteiger partial charge in [0.2, 0.25) is 5.91 Å². The molecule has 142 valence electrons. The zero-order valence-corrected chi connectivity index (χ0v) is 15.2. The van der Waals surface area contributed by atoms with Crippen molar-refractivity contribution in [2.45, 2.75) is 25.3 Å². The van der Waals surface area contributed by atoms with E-state index in [1.165, 1.54) is 17.7 Å². The lowest BCUT2D eigenvalue weighted by Crippen LogP contribution is -2.99. The number of amides is 1. The predicted octanol–water partition coefficient (Wildman–Crippen LogP) is 1.97. The van der Waals surface area contributed by atoms with Crippen molar-refractivity contribution >= 4 is 17.7 Å². The largest absolute Gasteiger partial charge is 0.595 e. The van der Waals surface area contributed by atoms with E-state index in [4.69, 9.17) is 5.73 Å². The predicted molar refractivity (Wildman–Crippen MR) is 104 cm³/mol. The van der Waals surface area contributed by atoms with E-state index in [0.717, 1.165) is 18.4 Å². The maximum atomic E-state index is 12.5. The Labute approximate surface area is 159 Å². The Morgan fingerprint density at radius 3 is 2.67 bits per heavy atom. The number of nitrogens with zero attached hydrogens (tertiary/aromatic N) is 1. The van der Waals surface area contributed by atoms with Gasteiger partial charge in [-0.2, -0.15) is 5.23 Å². The molecule has 1 heterocycles.